The first-order valence-corrected chi connectivity index (χ1v) is 6.65. The Morgan fingerprint density at radius 3 is 2.06 bits per heavy atom. The van der Waals surface area contributed by atoms with Gasteiger partial charge in [0.2, 0.25) is 0 Å². The Morgan fingerprint density at radius 2 is 1.38 bits per heavy atom. The molecule has 0 heterocycles. The average molecular weight is 383 g/mol. The second kappa shape index (κ2) is 5.51. The van der Waals surface area contributed by atoms with E-state index in [1.807, 2.05) is 42.5 Å². The van der Waals surface area contributed by atoms with Crippen LogP contribution in [0, 0.1) is 15.4 Å². The molecule has 16 heavy (non-hydrogen) atoms. The Labute approximate surface area is 117 Å². The predicted octanol–water partition coefficient (Wildman–Crippen LogP) is 4.45. The van der Waals surface area contributed by atoms with E-state index in [-0.39, 0.29) is 0 Å². The van der Waals surface area contributed by atoms with Gasteiger partial charge in [-0.3, -0.25) is 0 Å². The second-order valence-corrected chi connectivity index (χ2v) is 5.23. The highest BCUT2D eigenvalue weighted by atomic mass is 127. The maximum absolute atomic E-state index is 3.48. The van der Waals surface area contributed by atoms with Crippen LogP contribution in [0.3, 0.4) is 0 Å². The van der Waals surface area contributed by atoms with Crippen molar-refractivity contribution in [2.45, 2.75) is 0 Å². The molecule has 0 aliphatic carbocycles. The van der Waals surface area contributed by atoms with Gasteiger partial charge in [-0.05, 0) is 62.8 Å². The first-order chi connectivity index (χ1) is 7.77. The van der Waals surface area contributed by atoms with Gasteiger partial charge in [0, 0.05) is 19.2 Å². The first kappa shape index (κ1) is 11.7. The molecule has 0 radical (unpaired) electrons. The highest BCUT2D eigenvalue weighted by Gasteiger charge is 1.95. The molecule has 2 aromatic rings. The van der Waals surface area contributed by atoms with Gasteiger partial charge in [0.15, 0.2) is 0 Å². The van der Waals surface area contributed by atoms with E-state index in [9.17, 15) is 0 Å². The Balaban J connectivity index is 2.36. The van der Waals surface area contributed by atoms with Crippen LogP contribution in [-0.4, -0.2) is 0 Å². The van der Waals surface area contributed by atoms with E-state index in [1.54, 1.807) is 0 Å². The summed E-state index contributed by atoms with van der Waals surface area (Å²) in [4.78, 5) is 0. The SMILES string of the molecule is Brc1ccccc1C#Cc1ccccc1I. The van der Waals surface area contributed by atoms with Crippen LogP contribution in [0.2, 0.25) is 0 Å². The normalized spacial score (nSPS) is 9.38. The molecule has 2 aromatic carbocycles. The lowest BCUT2D eigenvalue weighted by Gasteiger charge is -1.95. The fourth-order valence-corrected chi connectivity index (χ4v) is 2.17. The number of hydrogen-bond donors (Lipinski definition) is 0. The molecular formula is C14H8BrI. The van der Waals surface area contributed by atoms with Crippen LogP contribution >= 0.6 is 38.5 Å². The summed E-state index contributed by atoms with van der Waals surface area (Å²) in [6, 6.07) is 16.1. The van der Waals surface area contributed by atoms with Gasteiger partial charge in [-0.25, -0.2) is 0 Å². The summed E-state index contributed by atoms with van der Waals surface area (Å²) in [6.45, 7) is 0. The number of rotatable bonds is 0. The van der Waals surface area contributed by atoms with Crippen molar-refractivity contribution in [3.8, 4) is 11.8 Å². The zero-order valence-electron chi connectivity index (χ0n) is 8.37. The van der Waals surface area contributed by atoms with E-state index in [0.717, 1.165) is 15.6 Å². The minimum absolute atomic E-state index is 1.02. The standard InChI is InChI=1S/C14H8BrI/c15-13-7-3-1-5-11(13)9-10-12-6-2-4-8-14(12)16/h1-8H. The predicted molar refractivity (Wildman–Crippen MR) is 79.3 cm³/mol. The Kier molecular flexibility index (Phi) is 4.03. The van der Waals surface area contributed by atoms with Crippen molar-refractivity contribution < 1.29 is 0 Å². The summed E-state index contributed by atoms with van der Waals surface area (Å²) < 4.78 is 2.22. The average Bonchev–Trinajstić information content (AvgIpc) is 2.30. The summed E-state index contributed by atoms with van der Waals surface area (Å²) in [5, 5.41) is 0. The fourth-order valence-electron chi connectivity index (χ4n) is 1.26. The molecule has 2 rings (SSSR count). The molecule has 0 N–H and O–H groups in total. The quantitative estimate of drug-likeness (QED) is 0.466. The minimum atomic E-state index is 1.02. The van der Waals surface area contributed by atoms with Crippen LogP contribution in [-0.2, 0) is 0 Å². The van der Waals surface area contributed by atoms with Gasteiger partial charge >= 0.3 is 0 Å². The molecular weight excluding hydrogens is 375 g/mol. The Morgan fingerprint density at radius 1 is 0.812 bits per heavy atom. The molecule has 0 bridgehead atoms. The molecule has 0 unspecified atom stereocenters. The van der Waals surface area contributed by atoms with Gasteiger partial charge < -0.3 is 0 Å². The summed E-state index contributed by atoms with van der Waals surface area (Å²) >= 11 is 5.78. The maximum Gasteiger partial charge on any atom is 0.0391 e. The van der Waals surface area contributed by atoms with E-state index in [1.165, 1.54) is 3.57 Å². The van der Waals surface area contributed by atoms with E-state index in [4.69, 9.17) is 0 Å². The van der Waals surface area contributed by atoms with E-state index < -0.39 is 0 Å². The number of halogens is 2. The molecule has 0 aliphatic rings. The van der Waals surface area contributed by atoms with Crippen molar-refractivity contribution in [1.29, 1.82) is 0 Å². The van der Waals surface area contributed by atoms with Crippen molar-refractivity contribution in [3.05, 3.63) is 67.7 Å². The summed E-state index contributed by atoms with van der Waals surface area (Å²) in [7, 11) is 0. The molecule has 0 atom stereocenters. The zero-order valence-corrected chi connectivity index (χ0v) is 12.1. The second-order valence-electron chi connectivity index (χ2n) is 3.21. The van der Waals surface area contributed by atoms with Crippen LogP contribution in [0.15, 0.2) is 53.0 Å². The van der Waals surface area contributed by atoms with Crippen molar-refractivity contribution in [2.24, 2.45) is 0 Å². The molecule has 78 valence electrons. The monoisotopic (exact) mass is 382 g/mol. The van der Waals surface area contributed by atoms with Gasteiger partial charge in [-0.1, -0.05) is 36.1 Å². The third kappa shape index (κ3) is 2.87. The van der Waals surface area contributed by atoms with Gasteiger partial charge in [-0.15, -0.1) is 0 Å². The smallest absolute Gasteiger partial charge is 0.0391 e. The van der Waals surface area contributed by atoms with Gasteiger partial charge in [0.1, 0.15) is 0 Å². The first-order valence-electron chi connectivity index (χ1n) is 4.78. The lowest BCUT2D eigenvalue weighted by molar-refractivity contribution is 1.56. The van der Waals surface area contributed by atoms with Gasteiger partial charge in [-0.2, -0.15) is 0 Å². The van der Waals surface area contributed by atoms with Gasteiger partial charge in [0.25, 0.3) is 0 Å². The summed E-state index contributed by atoms with van der Waals surface area (Å²) in [5.41, 5.74) is 2.08. The Bertz CT molecular complexity index is 515. The zero-order chi connectivity index (χ0) is 11.4. The van der Waals surface area contributed by atoms with Crippen LogP contribution in [0.25, 0.3) is 0 Å². The molecule has 0 fully saturated rings. The van der Waals surface area contributed by atoms with E-state index in [2.05, 4.69) is 56.4 Å². The van der Waals surface area contributed by atoms with Crippen molar-refractivity contribution >= 4 is 38.5 Å². The van der Waals surface area contributed by atoms with Crippen molar-refractivity contribution in [3.63, 3.8) is 0 Å². The molecule has 2 heteroatoms. The third-order valence-electron chi connectivity index (χ3n) is 2.08. The molecule has 0 saturated carbocycles. The largest absolute Gasteiger partial charge is 0.0611 e. The summed E-state index contributed by atoms with van der Waals surface area (Å²) in [5.74, 6) is 6.35. The highest BCUT2D eigenvalue weighted by Crippen LogP contribution is 2.15. The number of benzene rings is 2. The van der Waals surface area contributed by atoms with E-state index >= 15 is 0 Å². The van der Waals surface area contributed by atoms with Crippen LogP contribution in [0.1, 0.15) is 11.1 Å². The van der Waals surface area contributed by atoms with Crippen LogP contribution in [0.4, 0.5) is 0 Å². The lowest BCUT2D eigenvalue weighted by Crippen LogP contribution is -1.80. The maximum atomic E-state index is 3.48. The topological polar surface area (TPSA) is 0 Å². The van der Waals surface area contributed by atoms with Crippen molar-refractivity contribution in [2.75, 3.05) is 0 Å². The minimum Gasteiger partial charge on any atom is -0.0611 e. The highest BCUT2D eigenvalue weighted by molar-refractivity contribution is 14.1. The van der Waals surface area contributed by atoms with Crippen molar-refractivity contribution in [1.82, 2.24) is 0 Å². The third-order valence-corrected chi connectivity index (χ3v) is 3.71. The number of hydrogen-bond acceptors (Lipinski definition) is 0. The van der Waals surface area contributed by atoms with E-state index in [0.29, 0.717) is 0 Å². The van der Waals surface area contributed by atoms with Crippen LogP contribution < -0.4 is 0 Å². The molecule has 0 nitrogen and oxygen atoms in total. The Hall–Kier alpha value is -0.790. The lowest BCUT2D eigenvalue weighted by atomic mass is 10.2. The molecule has 0 aromatic heterocycles. The molecule has 0 aliphatic heterocycles. The fraction of sp³-hybridized carbons (Fsp3) is 0. The molecule has 0 amide bonds. The molecule has 0 spiro atoms. The summed E-state index contributed by atoms with van der Waals surface area (Å²) in [6.07, 6.45) is 0. The molecule has 0 saturated heterocycles. The van der Waals surface area contributed by atoms with Crippen LogP contribution in [0.5, 0.6) is 0 Å². The van der Waals surface area contributed by atoms with Gasteiger partial charge in [0.05, 0.1) is 0 Å².